The van der Waals surface area contributed by atoms with Gasteiger partial charge in [0.15, 0.2) is 0 Å². The minimum absolute atomic E-state index is 0.559. The van der Waals surface area contributed by atoms with Crippen LogP contribution in [0.25, 0.3) is 0 Å². The Morgan fingerprint density at radius 1 is 0.818 bits per heavy atom. The van der Waals surface area contributed by atoms with Crippen LogP contribution in [-0.4, -0.2) is 5.66 Å². The van der Waals surface area contributed by atoms with Crippen LogP contribution in [0.15, 0.2) is 60.7 Å². The van der Waals surface area contributed by atoms with Gasteiger partial charge in [-0.1, -0.05) is 112 Å². The summed E-state index contributed by atoms with van der Waals surface area (Å²) in [5.41, 5.74) is 0.559. The van der Waals surface area contributed by atoms with Gasteiger partial charge in [0.2, 0.25) is 0 Å². The molecule has 0 N–H and O–H groups in total. The number of benzene rings is 2. The highest BCUT2D eigenvalue weighted by Crippen LogP contribution is 2.50. The van der Waals surface area contributed by atoms with E-state index in [4.69, 9.17) is 11.8 Å². The van der Waals surface area contributed by atoms with Crippen molar-refractivity contribution in [2.75, 3.05) is 0 Å². The molecule has 2 rings (SSSR count). The Morgan fingerprint density at radius 2 is 1.32 bits per heavy atom. The van der Waals surface area contributed by atoms with E-state index in [0.717, 1.165) is 0 Å². The largest absolute Gasteiger partial charge is 0.0873 e. The third kappa shape index (κ3) is 4.09. The van der Waals surface area contributed by atoms with Crippen molar-refractivity contribution < 1.29 is 0 Å². The van der Waals surface area contributed by atoms with Gasteiger partial charge in [0.05, 0.1) is 0 Å². The average molecular weight is 330 g/mol. The maximum absolute atomic E-state index is 6.35. The summed E-state index contributed by atoms with van der Waals surface area (Å²) >= 11 is 6.35. The van der Waals surface area contributed by atoms with Gasteiger partial charge in [0.1, 0.15) is 0 Å². The molecule has 1 atom stereocenters. The molecule has 0 fully saturated rings. The predicted octanol–water partition coefficient (Wildman–Crippen LogP) is 5.48. The van der Waals surface area contributed by atoms with E-state index in [1.807, 2.05) is 0 Å². The Labute approximate surface area is 141 Å². The molecule has 0 aliphatic rings. The summed E-state index contributed by atoms with van der Waals surface area (Å²) in [4.78, 5) is 0. The fraction of sp³-hybridized carbons (Fsp3) is 0.400. The van der Waals surface area contributed by atoms with Crippen LogP contribution < -0.4 is 10.6 Å². The van der Waals surface area contributed by atoms with Crippen LogP contribution in [-0.2, 0) is 11.8 Å². The molecule has 22 heavy (non-hydrogen) atoms. The van der Waals surface area contributed by atoms with Gasteiger partial charge in [0, 0.05) is 6.04 Å². The SMILES string of the molecule is CCCCCCC(C)P(=S)(c1ccccc1)c1ccccc1. The molecule has 0 spiro atoms. The maximum Gasteiger partial charge on any atom is 0.0132 e. The van der Waals surface area contributed by atoms with Crippen molar-refractivity contribution in [3.63, 3.8) is 0 Å². The normalized spacial score (nSPS) is 13.0. The van der Waals surface area contributed by atoms with E-state index in [0.29, 0.717) is 5.66 Å². The molecule has 0 saturated heterocycles. The molecule has 0 aliphatic heterocycles. The van der Waals surface area contributed by atoms with E-state index in [1.165, 1.54) is 42.7 Å². The van der Waals surface area contributed by atoms with E-state index >= 15 is 0 Å². The lowest BCUT2D eigenvalue weighted by molar-refractivity contribution is 0.629. The summed E-state index contributed by atoms with van der Waals surface area (Å²) in [6, 6.07) is 19.9. The van der Waals surface area contributed by atoms with Crippen LogP contribution in [0.1, 0.15) is 46.0 Å². The zero-order chi connectivity index (χ0) is 15.8. The Hall–Kier alpha value is -0.910. The average Bonchev–Trinajstić information content (AvgIpc) is 2.59. The number of hydrogen-bond acceptors (Lipinski definition) is 1. The summed E-state index contributed by atoms with van der Waals surface area (Å²) in [5, 5.41) is 2.72. The summed E-state index contributed by atoms with van der Waals surface area (Å²) in [6.07, 6.45) is 6.50. The second kappa shape index (κ2) is 8.65. The van der Waals surface area contributed by atoms with E-state index in [2.05, 4.69) is 74.5 Å². The predicted molar refractivity (Wildman–Crippen MR) is 105 cm³/mol. The number of rotatable bonds is 8. The lowest BCUT2D eigenvalue weighted by atomic mass is 10.1. The Kier molecular flexibility index (Phi) is 6.86. The minimum atomic E-state index is -1.73. The molecule has 0 radical (unpaired) electrons. The van der Waals surface area contributed by atoms with Gasteiger partial charge in [-0.15, -0.1) is 0 Å². The molecule has 0 heterocycles. The minimum Gasteiger partial charge on any atom is -0.0873 e. The molecule has 0 bridgehead atoms. The first-order valence-corrected chi connectivity index (χ1v) is 11.3. The first-order valence-electron chi connectivity index (χ1n) is 8.40. The molecule has 0 amide bonds. The summed E-state index contributed by atoms with van der Waals surface area (Å²) in [7, 11) is 0. The highest BCUT2D eigenvalue weighted by atomic mass is 32.4. The van der Waals surface area contributed by atoms with Crippen LogP contribution in [0.4, 0.5) is 0 Å². The van der Waals surface area contributed by atoms with Gasteiger partial charge < -0.3 is 0 Å². The molecule has 0 saturated carbocycles. The van der Waals surface area contributed by atoms with Gasteiger partial charge in [-0.2, -0.15) is 0 Å². The summed E-state index contributed by atoms with van der Waals surface area (Å²) < 4.78 is 0. The van der Waals surface area contributed by atoms with Crippen molar-refractivity contribution in [1.82, 2.24) is 0 Å². The van der Waals surface area contributed by atoms with Crippen LogP contribution >= 0.6 is 6.04 Å². The molecule has 1 unspecified atom stereocenters. The first-order chi connectivity index (χ1) is 10.7. The smallest absolute Gasteiger partial charge is 0.0132 e. The second-order valence-corrected chi connectivity index (χ2v) is 11.0. The monoisotopic (exact) mass is 330 g/mol. The molecule has 0 aromatic heterocycles. The fourth-order valence-electron chi connectivity index (χ4n) is 3.01. The molecule has 2 aromatic rings. The number of unbranched alkanes of at least 4 members (excludes halogenated alkanes) is 3. The fourth-order valence-corrected chi connectivity index (χ4v) is 7.14. The third-order valence-electron chi connectivity index (χ3n) is 4.38. The zero-order valence-corrected chi connectivity index (χ0v) is 15.5. The number of hydrogen-bond donors (Lipinski definition) is 0. The van der Waals surface area contributed by atoms with Crippen molar-refractivity contribution in [3.8, 4) is 0 Å². The van der Waals surface area contributed by atoms with Crippen LogP contribution in [0.3, 0.4) is 0 Å². The van der Waals surface area contributed by atoms with Crippen LogP contribution in [0, 0.1) is 0 Å². The molecular formula is C20H27PS. The van der Waals surface area contributed by atoms with Crippen molar-refractivity contribution in [3.05, 3.63) is 60.7 Å². The Bertz CT molecular complexity index is 548. The highest BCUT2D eigenvalue weighted by molar-refractivity contribution is 8.22. The second-order valence-electron chi connectivity index (χ2n) is 6.03. The van der Waals surface area contributed by atoms with E-state index in [1.54, 1.807) is 0 Å². The first kappa shape index (κ1) is 17.4. The lowest BCUT2D eigenvalue weighted by Crippen LogP contribution is -2.23. The molecule has 2 aromatic carbocycles. The molecular weight excluding hydrogens is 303 g/mol. The lowest BCUT2D eigenvalue weighted by Gasteiger charge is -2.30. The zero-order valence-electron chi connectivity index (χ0n) is 13.7. The maximum atomic E-state index is 6.35. The van der Waals surface area contributed by atoms with Crippen LogP contribution in [0.2, 0.25) is 0 Å². The van der Waals surface area contributed by atoms with E-state index in [9.17, 15) is 0 Å². The van der Waals surface area contributed by atoms with Crippen molar-refractivity contribution in [2.45, 2.75) is 51.6 Å². The van der Waals surface area contributed by atoms with E-state index < -0.39 is 6.04 Å². The van der Waals surface area contributed by atoms with Gasteiger partial charge >= 0.3 is 0 Å². The molecule has 0 aliphatic carbocycles. The van der Waals surface area contributed by atoms with Crippen molar-refractivity contribution >= 4 is 28.5 Å². The Morgan fingerprint density at radius 3 is 1.77 bits per heavy atom. The quantitative estimate of drug-likeness (QED) is 0.456. The van der Waals surface area contributed by atoms with Crippen molar-refractivity contribution in [2.24, 2.45) is 0 Å². The van der Waals surface area contributed by atoms with Gasteiger partial charge in [-0.05, 0) is 22.7 Å². The summed E-state index contributed by atoms with van der Waals surface area (Å²) in [6.45, 7) is 4.63. The van der Waals surface area contributed by atoms with Gasteiger partial charge in [-0.25, -0.2) is 0 Å². The van der Waals surface area contributed by atoms with Crippen LogP contribution in [0.5, 0.6) is 0 Å². The Balaban J connectivity index is 2.29. The third-order valence-corrected chi connectivity index (χ3v) is 10.4. The summed E-state index contributed by atoms with van der Waals surface area (Å²) in [5.74, 6) is 0. The van der Waals surface area contributed by atoms with E-state index in [-0.39, 0.29) is 0 Å². The molecule has 0 nitrogen and oxygen atoms in total. The molecule has 2 heteroatoms. The highest BCUT2D eigenvalue weighted by Gasteiger charge is 2.28. The topological polar surface area (TPSA) is 0 Å². The van der Waals surface area contributed by atoms with Gasteiger partial charge in [-0.3, -0.25) is 0 Å². The molecule has 118 valence electrons. The standard InChI is InChI=1S/C20H27PS/c1-3-4-5-8-13-18(2)21(22,19-14-9-6-10-15-19)20-16-11-7-12-17-20/h6-7,9-12,14-18H,3-5,8,13H2,1-2H3. The van der Waals surface area contributed by atoms with Gasteiger partial charge in [0.25, 0.3) is 0 Å². The van der Waals surface area contributed by atoms with Crippen molar-refractivity contribution in [1.29, 1.82) is 0 Å².